The van der Waals surface area contributed by atoms with Gasteiger partial charge in [-0.25, -0.2) is 4.39 Å². The highest BCUT2D eigenvalue weighted by Gasteiger charge is 2.26. The maximum Gasteiger partial charge on any atom is 0.123 e. The van der Waals surface area contributed by atoms with Gasteiger partial charge in [-0.15, -0.1) is 0 Å². The van der Waals surface area contributed by atoms with Crippen LogP contribution in [0.4, 0.5) is 4.39 Å². The smallest absolute Gasteiger partial charge is 0.123 e. The third-order valence-electron chi connectivity index (χ3n) is 4.27. The summed E-state index contributed by atoms with van der Waals surface area (Å²) < 4.78 is 13.0. The summed E-state index contributed by atoms with van der Waals surface area (Å²) >= 11 is 1.90. The first-order valence-corrected chi connectivity index (χ1v) is 9.43. The van der Waals surface area contributed by atoms with Crippen molar-refractivity contribution in [1.82, 2.24) is 9.80 Å². The van der Waals surface area contributed by atoms with E-state index >= 15 is 0 Å². The van der Waals surface area contributed by atoms with Gasteiger partial charge in [-0.05, 0) is 49.1 Å². The zero-order valence-electron chi connectivity index (χ0n) is 13.4. The highest BCUT2D eigenvalue weighted by Crippen LogP contribution is 2.17. The maximum atomic E-state index is 13.0. The number of halogens is 1. The lowest BCUT2D eigenvalue weighted by Gasteiger charge is -2.41. The largest absolute Gasteiger partial charge is 0.396 e. The van der Waals surface area contributed by atoms with Crippen molar-refractivity contribution in [2.45, 2.75) is 25.4 Å². The molecule has 0 spiro atoms. The van der Waals surface area contributed by atoms with E-state index in [9.17, 15) is 9.50 Å². The van der Waals surface area contributed by atoms with Crippen LogP contribution in [0.1, 0.15) is 18.4 Å². The van der Waals surface area contributed by atoms with E-state index in [4.69, 9.17) is 0 Å². The van der Waals surface area contributed by atoms with E-state index in [0.717, 1.165) is 44.7 Å². The SMILES string of the molecule is CSCCCN1CCN(Cc2ccc(F)cc2)[C@@H](CCO)C1. The molecule has 1 aliphatic rings. The normalized spacial score (nSPS) is 20.4. The fourth-order valence-corrected chi connectivity index (χ4v) is 3.47. The molecule has 0 radical (unpaired) electrons. The van der Waals surface area contributed by atoms with Crippen molar-refractivity contribution < 1.29 is 9.50 Å². The van der Waals surface area contributed by atoms with Gasteiger partial charge in [0.2, 0.25) is 0 Å². The van der Waals surface area contributed by atoms with Gasteiger partial charge in [-0.1, -0.05) is 12.1 Å². The third-order valence-corrected chi connectivity index (χ3v) is 4.97. The van der Waals surface area contributed by atoms with E-state index < -0.39 is 0 Å². The van der Waals surface area contributed by atoms with Crippen molar-refractivity contribution in [1.29, 1.82) is 0 Å². The Bertz CT molecular complexity index is 429. The van der Waals surface area contributed by atoms with Gasteiger partial charge in [0.25, 0.3) is 0 Å². The molecule has 1 atom stereocenters. The molecule has 5 heteroatoms. The van der Waals surface area contributed by atoms with Crippen LogP contribution < -0.4 is 0 Å². The molecular weight excluding hydrogens is 299 g/mol. The molecule has 1 heterocycles. The minimum Gasteiger partial charge on any atom is -0.396 e. The minimum absolute atomic E-state index is 0.186. The highest BCUT2D eigenvalue weighted by molar-refractivity contribution is 7.98. The number of nitrogens with zero attached hydrogens (tertiary/aromatic N) is 2. The molecule has 1 fully saturated rings. The van der Waals surface area contributed by atoms with Gasteiger partial charge in [0, 0.05) is 38.8 Å². The molecule has 0 aliphatic carbocycles. The van der Waals surface area contributed by atoms with Crippen LogP contribution in [0, 0.1) is 5.82 Å². The summed E-state index contributed by atoms with van der Waals surface area (Å²) in [6.07, 6.45) is 4.18. The second-order valence-electron chi connectivity index (χ2n) is 5.91. The molecule has 3 nitrogen and oxygen atoms in total. The Morgan fingerprint density at radius 3 is 2.73 bits per heavy atom. The average Bonchev–Trinajstić information content (AvgIpc) is 2.52. The van der Waals surface area contributed by atoms with Crippen molar-refractivity contribution in [3.8, 4) is 0 Å². The molecule has 1 aromatic carbocycles. The lowest BCUT2D eigenvalue weighted by Crippen LogP contribution is -2.53. The van der Waals surface area contributed by atoms with Crippen molar-refractivity contribution >= 4 is 11.8 Å². The monoisotopic (exact) mass is 326 g/mol. The van der Waals surface area contributed by atoms with Crippen LogP contribution in [0.25, 0.3) is 0 Å². The van der Waals surface area contributed by atoms with Crippen LogP contribution >= 0.6 is 11.8 Å². The Hall–Kier alpha value is -0.620. The first-order valence-electron chi connectivity index (χ1n) is 8.03. The molecule has 1 aromatic rings. The van der Waals surface area contributed by atoms with E-state index in [1.807, 2.05) is 23.9 Å². The quantitative estimate of drug-likeness (QED) is 0.743. The summed E-state index contributed by atoms with van der Waals surface area (Å²) in [4.78, 5) is 4.94. The topological polar surface area (TPSA) is 26.7 Å². The van der Waals surface area contributed by atoms with E-state index in [1.54, 1.807) is 0 Å². The van der Waals surface area contributed by atoms with Crippen LogP contribution in [0.5, 0.6) is 0 Å². The zero-order chi connectivity index (χ0) is 15.8. The number of hydrogen-bond acceptors (Lipinski definition) is 4. The molecule has 2 rings (SSSR count). The van der Waals surface area contributed by atoms with Crippen LogP contribution in [0.2, 0.25) is 0 Å². The number of rotatable bonds is 8. The van der Waals surface area contributed by atoms with Crippen LogP contribution in [0.15, 0.2) is 24.3 Å². The van der Waals surface area contributed by atoms with Gasteiger partial charge in [-0.2, -0.15) is 11.8 Å². The summed E-state index contributed by atoms with van der Waals surface area (Å²) in [5.74, 6) is 1.02. The molecular formula is C17H27FN2OS. The van der Waals surface area contributed by atoms with E-state index in [-0.39, 0.29) is 12.4 Å². The molecule has 1 saturated heterocycles. The molecule has 1 N–H and O–H groups in total. The molecule has 0 aromatic heterocycles. The standard InChI is InChI=1S/C17H27FN2OS/c1-22-12-2-8-19-9-10-20(17(14-19)7-11-21)13-15-3-5-16(18)6-4-15/h3-6,17,21H,2,7-14H2,1H3/t17-/m0/s1. The zero-order valence-corrected chi connectivity index (χ0v) is 14.2. The van der Waals surface area contributed by atoms with Gasteiger partial charge < -0.3 is 10.0 Å². The fourth-order valence-electron chi connectivity index (χ4n) is 3.05. The number of aliphatic hydroxyl groups excluding tert-OH is 1. The Kier molecular flexibility index (Phi) is 7.66. The summed E-state index contributed by atoms with van der Waals surface area (Å²) in [7, 11) is 0. The molecule has 0 unspecified atom stereocenters. The maximum absolute atomic E-state index is 13.0. The number of benzene rings is 1. The fraction of sp³-hybridized carbons (Fsp3) is 0.647. The lowest BCUT2D eigenvalue weighted by atomic mass is 10.1. The van der Waals surface area contributed by atoms with Crippen LogP contribution in [-0.4, -0.2) is 65.7 Å². The van der Waals surface area contributed by atoms with Gasteiger partial charge >= 0.3 is 0 Å². The first-order chi connectivity index (χ1) is 10.7. The molecule has 124 valence electrons. The second-order valence-corrected chi connectivity index (χ2v) is 6.90. The summed E-state index contributed by atoms with van der Waals surface area (Å²) in [6.45, 7) is 5.33. The lowest BCUT2D eigenvalue weighted by molar-refractivity contribution is 0.0540. The number of aliphatic hydroxyl groups is 1. The molecule has 22 heavy (non-hydrogen) atoms. The summed E-state index contributed by atoms with van der Waals surface area (Å²) in [5.41, 5.74) is 1.14. The summed E-state index contributed by atoms with van der Waals surface area (Å²) in [6, 6.07) is 7.15. The molecule has 1 aliphatic heterocycles. The third kappa shape index (κ3) is 5.54. The molecule has 0 bridgehead atoms. The van der Waals surface area contributed by atoms with Crippen molar-refractivity contribution in [3.63, 3.8) is 0 Å². The number of piperazine rings is 1. The van der Waals surface area contributed by atoms with Crippen molar-refractivity contribution in [2.75, 3.05) is 44.8 Å². The van der Waals surface area contributed by atoms with E-state index in [2.05, 4.69) is 16.1 Å². The molecule has 0 amide bonds. The van der Waals surface area contributed by atoms with E-state index in [1.165, 1.54) is 24.3 Å². The van der Waals surface area contributed by atoms with Crippen molar-refractivity contribution in [3.05, 3.63) is 35.6 Å². The number of hydrogen-bond donors (Lipinski definition) is 1. The predicted octanol–water partition coefficient (Wildman–Crippen LogP) is 2.45. The van der Waals surface area contributed by atoms with Gasteiger partial charge in [-0.3, -0.25) is 4.90 Å². The van der Waals surface area contributed by atoms with Crippen LogP contribution in [-0.2, 0) is 6.54 Å². The molecule has 0 saturated carbocycles. The number of thioether (sulfide) groups is 1. The van der Waals surface area contributed by atoms with E-state index in [0.29, 0.717) is 6.04 Å². The van der Waals surface area contributed by atoms with Crippen molar-refractivity contribution in [2.24, 2.45) is 0 Å². The summed E-state index contributed by atoms with van der Waals surface area (Å²) in [5, 5.41) is 9.34. The van der Waals surface area contributed by atoms with Gasteiger partial charge in [0.15, 0.2) is 0 Å². The second kappa shape index (κ2) is 9.50. The Balaban J connectivity index is 1.89. The van der Waals surface area contributed by atoms with Gasteiger partial charge in [0.1, 0.15) is 5.82 Å². The highest BCUT2D eigenvalue weighted by atomic mass is 32.2. The Morgan fingerprint density at radius 1 is 1.27 bits per heavy atom. The van der Waals surface area contributed by atoms with Crippen LogP contribution in [0.3, 0.4) is 0 Å². The first kappa shape index (κ1) is 17.7. The predicted molar refractivity (Wildman–Crippen MR) is 91.7 cm³/mol. The Labute approximate surface area is 137 Å². The average molecular weight is 326 g/mol. The van der Waals surface area contributed by atoms with Gasteiger partial charge in [0.05, 0.1) is 0 Å². The minimum atomic E-state index is -0.186. The Morgan fingerprint density at radius 2 is 2.05 bits per heavy atom.